The molecular formula is C22H38N2O6Si2+2. The van der Waals surface area contributed by atoms with Crippen LogP contribution in [-0.4, -0.2) is 60.3 Å². The summed E-state index contributed by atoms with van der Waals surface area (Å²) in [5.74, 6) is 0. The Morgan fingerprint density at radius 1 is 0.531 bits per heavy atom. The third kappa shape index (κ3) is 7.25. The van der Waals surface area contributed by atoms with Gasteiger partial charge >= 0.3 is 17.6 Å². The van der Waals surface area contributed by atoms with Crippen LogP contribution in [0.15, 0.2) is 49.1 Å². The van der Waals surface area contributed by atoms with Crippen LogP contribution in [0, 0.1) is 0 Å². The van der Waals surface area contributed by atoms with E-state index in [0.717, 1.165) is 38.0 Å². The summed E-state index contributed by atoms with van der Waals surface area (Å²) in [6.45, 7) is 1.77. The monoisotopic (exact) mass is 482 g/mol. The molecule has 10 heteroatoms. The zero-order valence-electron chi connectivity index (χ0n) is 20.2. The van der Waals surface area contributed by atoms with E-state index in [1.165, 1.54) is 11.1 Å². The van der Waals surface area contributed by atoms with Crippen LogP contribution in [0.1, 0.15) is 12.8 Å². The van der Waals surface area contributed by atoms with Crippen molar-refractivity contribution in [3.05, 3.63) is 49.1 Å². The van der Waals surface area contributed by atoms with Gasteiger partial charge in [-0.1, -0.05) is 0 Å². The molecule has 0 aromatic carbocycles. The molecule has 0 unspecified atom stereocenters. The van der Waals surface area contributed by atoms with Gasteiger partial charge in [-0.3, -0.25) is 0 Å². The molecule has 2 aromatic rings. The van der Waals surface area contributed by atoms with Gasteiger partial charge in [-0.2, -0.15) is 0 Å². The molecule has 2 heterocycles. The number of hydrogen-bond donors (Lipinski definition) is 0. The lowest BCUT2D eigenvalue weighted by Gasteiger charge is -2.23. The van der Waals surface area contributed by atoms with Gasteiger partial charge in [0.25, 0.3) is 0 Å². The highest BCUT2D eigenvalue weighted by molar-refractivity contribution is 6.60. The van der Waals surface area contributed by atoms with Gasteiger partial charge in [0.1, 0.15) is 13.1 Å². The summed E-state index contributed by atoms with van der Waals surface area (Å²) in [5, 5.41) is 0. The number of rotatable bonds is 15. The van der Waals surface area contributed by atoms with E-state index in [2.05, 4.69) is 58.2 Å². The van der Waals surface area contributed by atoms with E-state index in [-0.39, 0.29) is 0 Å². The molecule has 2 aromatic heterocycles. The smallest absolute Gasteiger partial charge is 0.377 e. The van der Waals surface area contributed by atoms with Gasteiger partial charge in [-0.25, -0.2) is 9.13 Å². The first kappa shape index (κ1) is 26.7. The van der Waals surface area contributed by atoms with Gasteiger partial charge in [0.05, 0.1) is 0 Å². The fourth-order valence-corrected chi connectivity index (χ4v) is 7.07. The normalized spacial score (nSPS) is 12.3. The second kappa shape index (κ2) is 13.3. The van der Waals surface area contributed by atoms with Gasteiger partial charge in [0.15, 0.2) is 24.8 Å². The molecule has 0 spiro atoms. The van der Waals surface area contributed by atoms with E-state index in [0.29, 0.717) is 0 Å². The molecule has 32 heavy (non-hydrogen) atoms. The minimum atomic E-state index is -2.50. The largest absolute Gasteiger partial charge is 0.500 e. The van der Waals surface area contributed by atoms with Crippen molar-refractivity contribution in [2.45, 2.75) is 38.0 Å². The number of nitrogens with zero attached hydrogens (tertiary/aromatic N) is 2. The summed E-state index contributed by atoms with van der Waals surface area (Å²) in [4.78, 5) is 0. The number of aryl methyl sites for hydroxylation is 2. The van der Waals surface area contributed by atoms with E-state index in [9.17, 15) is 0 Å². The molecule has 0 radical (unpaired) electrons. The standard InChI is InChI=1S/C22H38N2O6Si2/c1-25-31(26-2,27-3)19-7-13-23-15-9-21(10-16-23)22-11-17-24(18-12-22)14-8-20-32(28-4,29-5)30-6/h9-12,15-18H,7-8,13-14,19-20H2,1-6H3/q+2. The van der Waals surface area contributed by atoms with Crippen LogP contribution >= 0.6 is 0 Å². The quantitative estimate of drug-likeness (QED) is 0.287. The van der Waals surface area contributed by atoms with Gasteiger partial charge in [-0.15, -0.1) is 0 Å². The molecule has 0 N–H and O–H groups in total. The van der Waals surface area contributed by atoms with Crippen molar-refractivity contribution >= 4 is 17.6 Å². The molecule has 8 nitrogen and oxygen atoms in total. The fourth-order valence-electron chi connectivity index (χ4n) is 3.67. The fraction of sp³-hybridized carbons (Fsp3) is 0.545. The summed E-state index contributed by atoms with van der Waals surface area (Å²) in [6, 6.07) is 10.1. The highest BCUT2D eigenvalue weighted by Gasteiger charge is 2.38. The molecule has 0 aliphatic heterocycles. The van der Waals surface area contributed by atoms with Crippen LogP contribution in [0.25, 0.3) is 11.1 Å². The zero-order valence-corrected chi connectivity index (χ0v) is 22.2. The summed E-state index contributed by atoms with van der Waals surface area (Å²) < 4.78 is 37.3. The molecule has 178 valence electrons. The average Bonchev–Trinajstić information content (AvgIpc) is 2.86. The summed E-state index contributed by atoms with van der Waals surface area (Å²) in [6.07, 6.45) is 10.3. The zero-order chi connectivity index (χ0) is 23.5. The van der Waals surface area contributed by atoms with E-state index < -0.39 is 17.6 Å². The third-order valence-electron chi connectivity index (χ3n) is 5.78. The maximum Gasteiger partial charge on any atom is 0.500 e. The molecule has 0 fully saturated rings. The SMILES string of the molecule is CO[Si](CCC[n+]1ccc(-c2cc[n+](CCC[Si](OC)(OC)OC)cc2)cc1)(OC)OC. The number of aromatic nitrogens is 2. The minimum absolute atomic E-state index is 0.784. The summed E-state index contributed by atoms with van der Waals surface area (Å²) in [7, 11) is 4.90. The van der Waals surface area contributed by atoms with Crippen molar-refractivity contribution in [1.82, 2.24) is 0 Å². The lowest BCUT2D eigenvalue weighted by molar-refractivity contribution is -0.697. The molecule has 0 saturated carbocycles. The highest BCUT2D eigenvalue weighted by atomic mass is 28.4. The topological polar surface area (TPSA) is 63.1 Å². The molecular weight excluding hydrogens is 444 g/mol. The lowest BCUT2D eigenvalue weighted by Crippen LogP contribution is -2.44. The molecule has 0 aliphatic carbocycles. The third-order valence-corrected chi connectivity index (χ3v) is 11.4. The molecule has 0 bridgehead atoms. The van der Waals surface area contributed by atoms with Gasteiger partial charge in [-0.05, 0) is 11.1 Å². The van der Waals surface area contributed by atoms with Crippen LogP contribution in [0.2, 0.25) is 12.1 Å². The van der Waals surface area contributed by atoms with Gasteiger partial charge in [0, 0.05) is 91.9 Å². The maximum atomic E-state index is 5.49. The predicted molar refractivity (Wildman–Crippen MR) is 125 cm³/mol. The highest BCUT2D eigenvalue weighted by Crippen LogP contribution is 2.18. The first-order valence-electron chi connectivity index (χ1n) is 10.8. The van der Waals surface area contributed by atoms with Crippen LogP contribution in [0.3, 0.4) is 0 Å². The summed E-state index contributed by atoms with van der Waals surface area (Å²) in [5.41, 5.74) is 2.37. The summed E-state index contributed by atoms with van der Waals surface area (Å²) >= 11 is 0. The van der Waals surface area contributed by atoms with E-state index in [1.54, 1.807) is 42.7 Å². The van der Waals surface area contributed by atoms with E-state index in [4.69, 9.17) is 26.6 Å². The number of pyridine rings is 2. The van der Waals surface area contributed by atoms with Crippen molar-refractivity contribution in [2.75, 3.05) is 42.7 Å². The Morgan fingerprint density at radius 2 is 0.812 bits per heavy atom. The lowest BCUT2D eigenvalue weighted by atomic mass is 10.1. The Balaban J connectivity index is 1.88. The van der Waals surface area contributed by atoms with Crippen LogP contribution in [0.4, 0.5) is 0 Å². The van der Waals surface area contributed by atoms with Crippen molar-refractivity contribution in [2.24, 2.45) is 0 Å². The van der Waals surface area contributed by atoms with Gasteiger partial charge in [0.2, 0.25) is 0 Å². The molecule has 0 atom stereocenters. The van der Waals surface area contributed by atoms with E-state index in [1.807, 2.05) is 0 Å². The Hall–Kier alpha value is -1.51. The maximum absolute atomic E-state index is 5.49. The predicted octanol–water partition coefficient (Wildman–Crippen LogP) is 2.46. The first-order valence-corrected chi connectivity index (χ1v) is 14.6. The van der Waals surface area contributed by atoms with Crippen LogP contribution < -0.4 is 9.13 Å². The van der Waals surface area contributed by atoms with Crippen molar-refractivity contribution in [1.29, 1.82) is 0 Å². The minimum Gasteiger partial charge on any atom is -0.377 e. The van der Waals surface area contributed by atoms with Crippen molar-refractivity contribution in [3.8, 4) is 11.1 Å². The molecule has 0 saturated heterocycles. The van der Waals surface area contributed by atoms with E-state index >= 15 is 0 Å². The Kier molecular flexibility index (Phi) is 11.1. The van der Waals surface area contributed by atoms with Crippen LogP contribution in [-0.2, 0) is 39.6 Å². The Morgan fingerprint density at radius 3 is 1.06 bits per heavy atom. The Labute approximate surface area is 194 Å². The number of hydrogen-bond acceptors (Lipinski definition) is 6. The second-order valence-electron chi connectivity index (χ2n) is 7.45. The van der Waals surface area contributed by atoms with Crippen LogP contribution in [0.5, 0.6) is 0 Å². The van der Waals surface area contributed by atoms with Crippen molar-refractivity contribution < 1.29 is 35.7 Å². The van der Waals surface area contributed by atoms with Crippen molar-refractivity contribution in [3.63, 3.8) is 0 Å². The molecule has 0 amide bonds. The Bertz CT molecular complexity index is 700. The molecule has 0 aliphatic rings. The average molecular weight is 483 g/mol. The second-order valence-corrected chi connectivity index (χ2v) is 13.6. The van der Waals surface area contributed by atoms with Gasteiger partial charge < -0.3 is 26.6 Å². The molecule has 2 rings (SSSR count). The first-order chi connectivity index (χ1) is 15.5.